The first-order valence-electron chi connectivity index (χ1n) is 9.95. The molecule has 1 aromatic carbocycles. The van der Waals surface area contributed by atoms with Gasteiger partial charge in [-0.25, -0.2) is 4.98 Å². The van der Waals surface area contributed by atoms with Crippen LogP contribution in [-0.2, 0) is 18.2 Å². The van der Waals surface area contributed by atoms with Gasteiger partial charge in [-0.1, -0.05) is 38.1 Å². The molecule has 1 aliphatic rings. The van der Waals surface area contributed by atoms with E-state index in [4.69, 9.17) is 9.72 Å². The first-order valence-corrected chi connectivity index (χ1v) is 9.95. The van der Waals surface area contributed by atoms with E-state index in [9.17, 15) is 0 Å². The maximum atomic E-state index is 6.39. The highest BCUT2D eigenvalue weighted by atomic mass is 16.5. The number of para-hydroxylation sites is 1. The Morgan fingerprint density at radius 2 is 2.04 bits per heavy atom. The number of rotatable bonds is 5. The van der Waals surface area contributed by atoms with Crippen molar-refractivity contribution in [3.05, 3.63) is 60.3 Å². The summed E-state index contributed by atoms with van der Waals surface area (Å²) in [7, 11) is 2.08. The highest BCUT2D eigenvalue weighted by molar-refractivity contribution is 5.78. The SMILES string of the molecule is Cn1ccnc1C1CC(C)(C)CCC1OCCc1ccc2ccccc2n1. The van der Waals surface area contributed by atoms with Gasteiger partial charge in [0.05, 0.1) is 18.2 Å². The molecule has 4 heteroatoms. The van der Waals surface area contributed by atoms with Crippen LogP contribution in [0.3, 0.4) is 0 Å². The molecule has 4 nitrogen and oxygen atoms in total. The summed E-state index contributed by atoms with van der Waals surface area (Å²) < 4.78 is 8.54. The fraction of sp³-hybridized carbons (Fsp3) is 0.478. The minimum absolute atomic E-state index is 0.236. The molecular weight excluding hydrogens is 334 g/mol. The van der Waals surface area contributed by atoms with E-state index in [-0.39, 0.29) is 6.10 Å². The lowest BCUT2D eigenvalue weighted by Crippen LogP contribution is -2.35. The van der Waals surface area contributed by atoms with Gasteiger partial charge in [0, 0.05) is 42.9 Å². The van der Waals surface area contributed by atoms with Crippen molar-refractivity contribution in [2.24, 2.45) is 12.5 Å². The highest BCUT2D eigenvalue weighted by Crippen LogP contribution is 2.44. The summed E-state index contributed by atoms with van der Waals surface area (Å²) in [6.45, 7) is 5.42. The summed E-state index contributed by atoms with van der Waals surface area (Å²) in [5.41, 5.74) is 2.50. The van der Waals surface area contributed by atoms with Gasteiger partial charge in [-0.15, -0.1) is 0 Å². The second-order valence-electron chi connectivity index (χ2n) is 8.56. The molecule has 4 rings (SSSR count). The number of benzene rings is 1. The number of pyridine rings is 1. The number of aryl methyl sites for hydroxylation is 1. The van der Waals surface area contributed by atoms with Crippen molar-refractivity contribution < 1.29 is 4.74 Å². The van der Waals surface area contributed by atoms with Crippen LogP contribution in [0, 0.1) is 5.41 Å². The lowest BCUT2D eigenvalue weighted by atomic mass is 9.70. The Balaban J connectivity index is 1.43. The van der Waals surface area contributed by atoms with Crippen molar-refractivity contribution in [1.82, 2.24) is 14.5 Å². The van der Waals surface area contributed by atoms with Crippen LogP contribution in [0.5, 0.6) is 0 Å². The molecule has 2 aromatic heterocycles. The normalized spacial score (nSPS) is 22.2. The van der Waals surface area contributed by atoms with E-state index in [1.807, 2.05) is 18.5 Å². The van der Waals surface area contributed by atoms with Crippen molar-refractivity contribution >= 4 is 10.9 Å². The second-order valence-corrected chi connectivity index (χ2v) is 8.56. The zero-order valence-electron chi connectivity index (χ0n) is 16.6. The summed E-state index contributed by atoms with van der Waals surface area (Å²) in [6.07, 6.45) is 8.43. The van der Waals surface area contributed by atoms with Crippen molar-refractivity contribution in [3.63, 3.8) is 0 Å². The van der Waals surface area contributed by atoms with Crippen LogP contribution < -0.4 is 0 Å². The Hall–Kier alpha value is -2.20. The van der Waals surface area contributed by atoms with Gasteiger partial charge in [-0.05, 0) is 36.8 Å². The molecule has 2 unspecified atom stereocenters. The summed E-state index contributed by atoms with van der Waals surface area (Å²) in [5.74, 6) is 1.51. The monoisotopic (exact) mass is 363 g/mol. The number of hydrogen-bond donors (Lipinski definition) is 0. The van der Waals surface area contributed by atoms with Gasteiger partial charge in [0.2, 0.25) is 0 Å². The third kappa shape index (κ3) is 4.06. The molecule has 1 fully saturated rings. The largest absolute Gasteiger partial charge is 0.377 e. The Morgan fingerprint density at radius 1 is 1.19 bits per heavy atom. The average molecular weight is 364 g/mol. The number of fused-ring (bicyclic) bond motifs is 1. The zero-order chi connectivity index (χ0) is 18.9. The van der Waals surface area contributed by atoms with Gasteiger partial charge in [-0.3, -0.25) is 4.98 Å². The smallest absolute Gasteiger partial charge is 0.114 e. The molecule has 0 N–H and O–H groups in total. The van der Waals surface area contributed by atoms with E-state index in [0.29, 0.717) is 17.9 Å². The lowest BCUT2D eigenvalue weighted by Gasteiger charge is -2.40. The first kappa shape index (κ1) is 18.2. The number of aromatic nitrogens is 3. The fourth-order valence-corrected chi connectivity index (χ4v) is 4.32. The predicted octanol–water partition coefficient (Wildman–Crippen LogP) is 4.89. The molecule has 0 bridgehead atoms. The third-order valence-corrected chi connectivity index (χ3v) is 5.86. The standard InChI is InChI=1S/C23H29N3O/c1-23(2)12-10-21(19(16-23)22-24-13-14-26(22)3)27-15-11-18-9-8-17-6-4-5-7-20(17)25-18/h4-9,13-14,19,21H,10-12,15-16H2,1-3H3. The predicted molar refractivity (Wildman–Crippen MR) is 109 cm³/mol. The molecule has 3 aromatic rings. The Kier molecular flexibility index (Phi) is 5.00. The molecule has 0 spiro atoms. The van der Waals surface area contributed by atoms with Gasteiger partial charge in [0.1, 0.15) is 5.82 Å². The summed E-state index contributed by atoms with van der Waals surface area (Å²) >= 11 is 0. The molecule has 0 aliphatic heterocycles. The number of ether oxygens (including phenoxy) is 1. The topological polar surface area (TPSA) is 39.9 Å². The van der Waals surface area contributed by atoms with E-state index in [2.05, 4.69) is 60.8 Å². The quantitative estimate of drug-likeness (QED) is 0.648. The van der Waals surface area contributed by atoms with Crippen LogP contribution in [0.4, 0.5) is 0 Å². The fourth-order valence-electron chi connectivity index (χ4n) is 4.32. The Morgan fingerprint density at radius 3 is 2.85 bits per heavy atom. The number of hydrogen-bond acceptors (Lipinski definition) is 3. The molecule has 2 atom stereocenters. The third-order valence-electron chi connectivity index (χ3n) is 5.86. The van der Waals surface area contributed by atoms with E-state index in [1.54, 1.807) is 0 Å². The van der Waals surface area contributed by atoms with E-state index in [1.165, 1.54) is 11.8 Å². The summed E-state index contributed by atoms with van der Waals surface area (Å²) in [6, 6.07) is 12.5. The molecule has 27 heavy (non-hydrogen) atoms. The number of nitrogens with zero attached hydrogens (tertiary/aromatic N) is 3. The van der Waals surface area contributed by atoms with Gasteiger partial charge in [0.15, 0.2) is 0 Å². The molecule has 0 amide bonds. The second kappa shape index (κ2) is 7.43. The first-order chi connectivity index (χ1) is 13.0. The maximum absolute atomic E-state index is 6.39. The van der Waals surface area contributed by atoms with Crippen LogP contribution in [-0.4, -0.2) is 27.2 Å². The molecule has 0 radical (unpaired) electrons. The maximum Gasteiger partial charge on any atom is 0.114 e. The van der Waals surface area contributed by atoms with Gasteiger partial charge < -0.3 is 9.30 Å². The van der Waals surface area contributed by atoms with Crippen LogP contribution in [0.2, 0.25) is 0 Å². The molecule has 142 valence electrons. The van der Waals surface area contributed by atoms with E-state index >= 15 is 0 Å². The molecule has 1 aliphatic carbocycles. The molecule has 2 heterocycles. The lowest BCUT2D eigenvalue weighted by molar-refractivity contribution is -0.0141. The minimum Gasteiger partial charge on any atom is -0.377 e. The zero-order valence-corrected chi connectivity index (χ0v) is 16.6. The van der Waals surface area contributed by atoms with Crippen LogP contribution in [0.1, 0.15) is 50.5 Å². The van der Waals surface area contributed by atoms with Gasteiger partial charge in [0.25, 0.3) is 0 Å². The Bertz CT molecular complexity index is 915. The van der Waals surface area contributed by atoms with Gasteiger partial charge in [-0.2, -0.15) is 0 Å². The number of imidazole rings is 1. The van der Waals surface area contributed by atoms with Crippen molar-refractivity contribution in [3.8, 4) is 0 Å². The Labute approximate surface area is 161 Å². The van der Waals surface area contributed by atoms with Crippen LogP contribution in [0.15, 0.2) is 48.8 Å². The summed E-state index contributed by atoms with van der Waals surface area (Å²) in [5, 5.41) is 1.19. The van der Waals surface area contributed by atoms with Gasteiger partial charge >= 0.3 is 0 Å². The molecule has 0 saturated heterocycles. The van der Waals surface area contributed by atoms with Crippen LogP contribution in [0.25, 0.3) is 10.9 Å². The van der Waals surface area contributed by atoms with E-state index < -0.39 is 0 Å². The van der Waals surface area contributed by atoms with Crippen molar-refractivity contribution in [2.75, 3.05) is 6.61 Å². The molecular formula is C23H29N3O. The molecule has 1 saturated carbocycles. The van der Waals surface area contributed by atoms with Crippen molar-refractivity contribution in [1.29, 1.82) is 0 Å². The highest BCUT2D eigenvalue weighted by Gasteiger charge is 2.38. The summed E-state index contributed by atoms with van der Waals surface area (Å²) in [4.78, 5) is 9.39. The van der Waals surface area contributed by atoms with Crippen molar-refractivity contribution in [2.45, 2.75) is 51.6 Å². The minimum atomic E-state index is 0.236. The average Bonchev–Trinajstić information content (AvgIpc) is 3.08. The van der Waals surface area contributed by atoms with E-state index in [0.717, 1.165) is 36.3 Å². The van der Waals surface area contributed by atoms with Crippen LogP contribution >= 0.6 is 0 Å².